The molecule has 0 heterocycles. The summed E-state index contributed by atoms with van der Waals surface area (Å²) in [6.07, 6.45) is 0. The predicted molar refractivity (Wildman–Crippen MR) is 57.7 cm³/mol. The normalized spacial score (nSPS) is 10.0. The van der Waals surface area contributed by atoms with Crippen LogP contribution in [0.5, 0.6) is 11.5 Å². The number of ether oxygens (including phenoxy) is 1. The Balaban J connectivity index is 2.22. The number of benzene rings is 2. The first-order chi connectivity index (χ1) is 7.25. The highest BCUT2D eigenvalue weighted by Crippen LogP contribution is 2.22. The first kappa shape index (κ1) is 9.71. The molecule has 0 aliphatic heterocycles. The van der Waals surface area contributed by atoms with Gasteiger partial charge in [-0.1, -0.05) is 24.3 Å². The number of para-hydroxylation sites is 1. The van der Waals surface area contributed by atoms with Gasteiger partial charge < -0.3 is 4.74 Å². The fraction of sp³-hybridized carbons (Fsp3) is 0.0769. The van der Waals surface area contributed by atoms with Crippen LogP contribution in [-0.4, -0.2) is 0 Å². The summed E-state index contributed by atoms with van der Waals surface area (Å²) in [4.78, 5) is 0. The summed E-state index contributed by atoms with van der Waals surface area (Å²) in [6, 6.07) is 14.2. The van der Waals surface area contributed by atoms with E-state index >= 15 is 0 Å². The minimum absolute atomic E-state index is 0.247. The monoisotopic (exact) mass is 202 g/mol. The van der Waals surface area contributed by atoms with E-state index in [1.54, 1.807) is 19.1 Å². The lowest BCUT2D eigenvalue weighted by molar-refractivity contribution is 0.476. The summed E-state index contributed by atoms with van der Waals surface area (Å²) in [5.41, 5.74) is 0.621. The molecule has 0 saturated heterocycles. The number of rotatable bonds is 2. The number of halogens is 1. The van der Waals surface area contributed by atoms with Crippen LogP contribution < -0.4 is 4.74 Å². The van der Waals surface area contributed by atoms with E-state index in [1.165, 1.54) is 6.07 Å². The lowest BCUT2D eigenvalue weighted by Gasteiger charge is -2.05. The van der Waals surface area contributed by atoms with E-state index in [-0.39, 0.29) is 5.82 Å². The van der Waals surface area contributed by atoms with Crippen LogP contribution in [0.1, 0.15) is 5.56 Å². The molecule has 0 spiro atoms. The fourth-order valence-electron chi connectivity index (χ4n) is 1.26. The van der Waals surface area contributed by atoms with Crippen LogP contribution in [0, 0.1) is 12.7 Å². The van der Waals surface area contributed by atoms with Crippen molar-refractivity contribution in [3.05, 3.63) is 59.9 Å². The molecule has 2 aromatic carbocycles. The Hall–Kier alpha value is -1.83. The van der Waals surface area contributed by atoms with Gasteiger partial charge in [-0.05, 0) is 30.7 Å². The Morgan fingerprint density at radius 3 is 2.33 bits per heavy atom. The molecule has 0 amide bonds. The molecule has 0 atom stereocenters. The summed E-state index contributed by atoms with van der Waals surface area (Å²) >= 11 is 0. The summed E-state index contributed by atoms with van der Waals surface area (Å²) in [7, 11) is 0. The van der Waals surface area contributed by atoms with Gasteiger partial charge in [0.25, 0.3) is 0 Å². The zero-order valence-electron chi connectivity index (χ0n) is 8.41. The van der Waals surface area contributed by atoms with Gasteiger partial charge in [-0.25, -0.2) is 4.39 Å². The summed E-state index contributed by atoms with van der Waals surface area (Å²) < 4.78 is 18.7. The predicted octanol–water partition coefficient (Wildman–Crippen LogP) is 3.93. The third-order valence-corrected chi connectivity index (χ3v) is 2.12. The van der Waals surface area contributed by atoms with Crippen molar-refractivity contribution >= 4 is 0 Å². The Labute approximate surface area is 88.1 Å². The average molecular weight is 202 g/mol. The standard InChI is InChI=1S/C13H11FO/c1-10-7-8-12(9-13(10)14)15-11-5-3-2-4-6-11/h2-9H,1H3. The maximum atomic E-state index is 13.2. The summed E-state index contributed by atoms with van der Waals surface area (Å²) in [5.74, 6) is 0.980. The Morgan fingerprint density at radius 1 is 0.933 bits per heavy atom. The lowest BCUT2D eigenvalue weighted by atomic mass is 10.2. The largest absolute Gasteiger partial charge is 0.457 e. The van der Waals surface area contributed by atoms with Crippen LogP contribution in [-0.2, 0) is 0 Å². The van der Waals surface area contributed by atoms with Crippen molar-refractivity contribution in [1.82, 2.24) is 0 Å². The second-order valence-electron chi connectivity index (χ2n) is 3.33. The van der Waals surface area contributed by atoms with Gasteiger partial charge in [0.2, 0.25) is 0 Å². The minimum atomic E-state index is -0.247. The van der Waals surface area contributed by atoms with Gasteiger partial charge in [0, 0.05) is 6.07 Å². The molecular weight excluding hydrogens is 191 g/mol. The van der Waals surface area contributed by atoms with E-state index in [9.17, 15) is 4.39 Å². The lowest BCUT2D eigenvalue weighted by Crippen LogP contribution is -1.86. The van der Waals surface area contributed by atoms with Gasteiger partial charge in [0.1, 0.15) is 17.3 Å². The van der Waals surface area contributed by atoms with Crippen molar-refractivity contribution in [3.8, 4) is 11.5 Å². The highest BCUT2D eigenvalue weighted by Gasteiger charge is 2.00. The second kappa shape index (κ2) is 4.13. The number of hydrogen-bond donors (Lipinski definition) is 0. The molecule has 2 rings (SSSR count). The molecule has 0 aliphatic carbocycles. The molecule has 2 heteroatoms. The average Bonchev–Trinajstić information content (AvgIpc) is 2.25. The SMILES string of the molecule is Cc1ccc(Oc2ccccc2)cc1F. The van der Waals surface area contributed by atoms with Gasteiger partial charge in [-0.3, -0.25) is 0 Å². The van der Waals surface area contributed by atoms with E-state index in [1.807, 2.05) is 30.3 Å². The van der Waals surface area contributed by atoms with E-state index in [0.717, 1.165) is 0 Å². The zero-order chi connectivity index (χ0) is 10.7. The quantitative estimate of drug-likeness (QED) is 0.717. The molecule has 0 aliphatic rings. The number of hydrogen-bond acceptors (Lipinski definition) is 1. The second-order valence-corrected chi connectivity index (χ2v) is 3.33. The van der Waals surface area contributed by atoms with Crippen molar-refractivity contribution < 1.29 is 9.13 Å². The molecule has 0 N–H and O–H groups in total. The first-order valence-corrected chi connectivity index (χ1v) is 4.75. The molecule has 0 radical (unpaired) electrons. The molecular formula is C13H11FO. The highest BCUT2D eigenvalue weighted by atomic mass is 19.1. The van der Waals surface area contributed by atoms with Crippen LogP contribution in [0.3, 0.4) is 0 Å². The molecule has 0 fully saturated rings. The molecule has 0 saturated carbocycles. The van der Waals surface area contributed by atoms with Crippen molar-refractivity contribution in [3.63, 3.8) is 0 Å². The highest BCUT2D eigenvalue weighted by molar-refractivity contribution is 5.33. The zero-order valence-corrected chi connectivity index (χ0v) is 8.41. The molecule has 0 aromatic heterocycles. The maximum absolute atomic E-state index is 13.2. The van der Waals surface area contributed by atoms with Crippen molar-refractivity contribution in [1.29, 1.82) is 0 Å². The van der Waals surface area contributed by atoms with Crippen LogP contribution in [0.15, 0.2) is 48.5 Å². The van der Waals surface area contributed by atoms with Gasteiger partial charge >= 0.3 is 0 Å². The maximum Gasteiger partial charge on any atom is 0.130 e. The fourth-order valence-corrected chi connectivity index (χ4v) is 1.26. The van der Waals surface area contributed by atoms with Crippen LogP contribution in [0.4, 0.5) is 4.39 Å². The molecule has 0 bridgehead atoms. The van der Waals surface area contributed by atoms with Crippen molar-refractivity contribution in [2.45, 2.75) is 6.92 Å². The Morgan fingerprint density at radius 2 is 1.67 bits per heavy atom. The van der Waals surface area contributed by atoms with Crippen LogP contribution >= 0.6 is 0 Å². The van der Waals surface area contributed by atoms with E-state index in [4.69, 9.17) is 4.74 Å². The van der Waals surface area contributed by atoms with Gasteiger partial charge in [0.05, 0.1) is 0 Å². The topological polar surface area (TPSA) is 9.23 Å². The Bertz CT molecular complexity index is 451. The molecule has 0 unspecified atom stereocenters. The number of aryl methyl sites for hydroxylation is 1. The minimum Gasteiger partial charge on any atom is -0.457 e. The van der Waals surface area contributed by atoms with E-state index in [2.05, 4.69) is 0 Å². The van der Waals surface area contributed by atoms with Crippen molar-refractivity contribution in [2.75, 3.05) is 0 Å². The molecule has 76 valence electrons. The van der Waals surface area contributed by atoms with E-state index < -0.39 is 0 Å². The third-order valence-electron chi connectivity index (χ3n) is 2.12. The summed E-state index contributed by atoms with van der Waals surface area (Å²) in [5, 5.41) is 0. The van der Waals surface area contributed by atoms with E-state index in [0.29, 0.717) is 17.1 Å². The van der Waals surface area contributed by atoms with Crippen LogP contribution in [0.25, 0.3) is 0 Å². The smallest absolute Gasteiger partial charge is 0.130 e. The summed E-state index contributed by atoms with van der Waals surface area (Å²) in [6.45, 7) is 1.72. The Kier molecular flexibility index (Phi) is 2.68. The third kappa shape index (κ3) is 2.34. The molecule has 2 aromatic rings. The molecule has 15 heavy (non-hydrogen) atoms. The van der Waals surface area contributed by atoms with Gasteiger partial charge in [0.15, 0.2) is 0 Å². The van der Waals surface area contributed by atoms with Crippen LogP contribution in [0.2, 0.25) is 0 Å². The van der Waals surface area contributed by atoms with Gasteiger partial charge in [-0.2, -0.15) is 0 Å². The van der Waals surface area contributed by atoms with Crippen molar-refractivity contribution in [2.24, 2.45) is 0 Å². The first-order valence-electron chi connectivity index (χ1n) is 4.75. The molecule has 1 nitrogen and oxygen atoms in total. The van der Waals surface area contributed by atoms with Gasteiger partial charge in [-0.15, -0.1) is 0 Å².